The van der Waals surface area contributed by atoms with E-state index in [-0.39, 0.29) is 30.4 Å². The first-order valence-electron chi connectivity index (χ1n) is 6.84. The van der Waals surface area contributed by atoms with Crippen LogP contribution in [-0.2, 0) is 0 Å². The molecule has 1 fully saturated rings. The van der Waals surface area contributed by atoms with Gasteiger partial charge in [0.1, 0.15) is 5.82 Å². The second-order valence-electron chi connectivity index (χ2n) is 4.92. The van der Waals surface area contributed by atoms with Gasteiger partial charge < -0.3 is 5.32 Å². The smallest absolute Gasteiger partial charge is 0.166 e. The molecule has 0 saturated carbocycles. The number of nitrogens with one attached hydrogen (secondary N) is 1. The van der Waals surface area contributed by atoms with Crippen molar-refractivity contribution in [3.05, 3.63) is 47.8 Å². The van der Waals surface area contributed by atoms with Gasteiger partial charge in [-0.15, -0.1) is 31.4 Å². The molecule has 1 N–H and O–H groups in total. The molecule has 0 spiro atoms. The minimum absolute atomic E-state index is 0. The third-order valence-electron chi connectivity index (χ3n) is 3.65. The van der Waals surface area contributed by atoms with E-state index < -0.39 is 23.5 Å². The Morgan fingerprint density at radius 1 is 1.14 bits per heavy atom. The molecule has 0 unspecified atom stereocenters. The van der Waals surface area contributed by atoms with Crippen LogP contribution in [0.25, 0.3) is 0 Å². The van der Waals surface area contributed by atoms with Crippen molar-refractivity contribution in [1.29, 1.82) is 0 Å². The minimum atomic E-state index is -1.07. The van der Waals surface area contributed by atoms with Gasteiger partial charge in [-0.25, -0.2) is 13.2 Å². The molecule has 126 valence electrons. The quantitative estimate of drug-likeness (QED) is 0.636. The van der Waals surface area contributed by atoms with Crippen LogP contribution in [0.2, 0.25) is 0 Å². The molecule has 1 aromatic carbocycles. The summed E-state index contributed by atoms with van der Waals surface area (Å²) < 4.78 is 41.4. The fourth-order valence-electron chi connectivity index (χ4n) is 2.63. The molecule has 22 heavy (non-hydrogen) atoms. The number of hydrogen-bond acceptors (Lipinski definition) is 2. The highest BCUT2D eigenvalue weighted by molar-refractivity contribution is 5.85. The molecule has 1 atom stereocenters. The van der Waals surface area contributed by atoms with Gasteiger partial charge in [0.15, 0.2) is 11.6 Å². The summed E-state index contributed by atoms with van der Waals surface area (Å²) in [5.41, 5.74) is -0.159. The summed E-state index contributed by atoms with van der Waals surface area (Å²) in [5.74, 6) is -2.76. The molecule has 1 saturated heterocycles. The van der Waals surface area contributed by atoms with Gasteiger partial charge >= 0.3 is 0 Å². The predicted octanol–water partition coefficient (Wildman–Crippen LogP) is 3.86. The number of nitrogens with zero attached hydrogens (tertiary/aromatic N) is 1. The van der Waals surface area contributed by atoms with Crippen LogP contribution in [0, 0.1) is 17.5 Å². The Balaban J connectivity index is 0.00000220. The lowest BCUT2D eigenvalue weighted by Gasteiger charge is -2.35. The third kappa shape index (κ3) is 4.88. The van der Waals surface area contributed by atoms with E-state index in [0.717, 1.165) is 25.2 Å². The van der Waals surface area contributed by atoms with Crippen molar-refractivity contribution in [2.75, 3.05) is 26.2 Å². The molecule has 0 aromatic heterocycles. The van der Waals surface area contributed by atoms with Crippen molar-refractivity contribution in [3.63, 3.8) is 0 Å². The van der Waals surface area contributed by atoms with E-state index >= 15 is 0 Å². The van der Waals surface area contributed by atoms with Crippen molar-refractivity contribution < 1.29 is 13.2 Å². The first kappa shape index (κ1) is 21.2. The number of piperazine rings is 1. The van der Waals surface area contributed by atoms with E-state index in [4.69, 9.17) is 0 Å². The highest BCUT2D eigenvalue weighted by Gasteiger charge is 2.28. The standard InChI is InChI=1S/C15H19F3N2.2ClH/c1-2-3-4-13(20-9-7-19-8-10-20)14-11(16)5-6-12(17)15(14)18;;/h2,5-6,13,19H,1,3-4,7-10H2;2*1H/t13-;;/m1../s1. The molecule has 0 radical (unpaired) electrons. The van der Waals surface area contributed by atoms with E-state index in [1.54, 1.807) is 6.08 Å². The van der Waals surface area contributed by atoms with E-state index in [2.05, 4.69) is 11.9 Å². The summed E-state index contributed by atoms with van der Waals surface area (Å²) in [6.07, 6.45) is 2.87. The monoisotopic (exact) mass is 356 g/mol. The van der Waals surface area contributed by atoms with Gasteiger partial charge in [-0.05, 0) is 25.0 Å². The van der Waals surface area contributed by atoms with E-state index in [0.29, 0.717) is 25.9 Å². The molecule has 0 aliphatic carbocycles. The number of halogens is 5. The molecule has 7 heteroatoms. The summed E-state index contributed by atoms with van der Waals surface area (Å²) in [5, 5.41) is 3.19. The molecule has 2 rings (SSSR count). The maximum atomic E-state index is 14.0. The van der Waals surface area contributed by atoms with Gasteiger partial charge in [-0.3, -0.25) is 4.90 Å². The third-order valence-corrected chi connectivity index (χ3v) is 3.65. The van der Waals surface area contributed by atoms with Crippen LogP contribution in [-0.4, -0.2) is 31.1 Å². The van der Waals surface area contributed by atoms with Crippen molar-refractivity contribution >= 4 is 24.8 Å². The summed E-state index contributed by atoms with van der Waals surface area (Å²) in [7, 11) is 0. The molecule has 1 aromatic rings. The second-order valence-corrected chi connectivity index (χ2v) is 4.92. The van der Waals surface area contributed by atoms with Gasteiger partial charge in [-0.2, -0.15) is 0 Å². The second kappa shape index (κ2) is 10.1. The number of rotatable bonds is 5. The molecular weight excluding hydrogens is 336 g/mol. The lowest BCUT2D eigenvalue weighted by molar-refractivity contribution is 0.158. The SMILES string of the molecule is C=CCC[C@H](c1c(F)ccc(F)c1F)N1CCNCC1.Cl.Cl. The normalized spacial score (nSPS) is 16.3. The zero-order valence-electron chi connectivity index (χ0n) is 12.2. The maximum Gasteiger partial charge on any atom is 0.166 e. The minimum Gasteiger partial charge on any atom is -0.314 e. The summed E-state index contributed by atoms with van der Waals surface area (Å²) in [4.78, 5) is 2.00. The van der Waals surface area contributed by atoms with Crippen LogP contribution in [0.1, 0.15) is 24.4 Å². The topological polar surface area (TPSA) is 15.3 Å². The first-order chi connectivity index (χ1) is 9.65. The molecule has 1 aliphatic rings. The van der Waals surface area contributed by atoms with Gasteiger partial charge in [0.2, 0.25) is 0 Å². The Morgan fingerprint density at radius 3 is 2.32 bits per heavy atom. The molecular formula is C15H21Cl2F3N2. The van der Waals surface area contributed by atoms with Crippen molar-refractivity contribution in [2.24, 2.45) is 0 Å². The van der Waals surface area contributed by atoms with Gasteiger partial charge in [0, 0.05) is 37.8 Å². The van der Waals surface area contributed by atoms with Crippen molar-refractivity contribution in [3.8, 4) is 0 Å². The van der Waals surface area contributed by atoms with Crippen molar-refractivity contribution in [2.45, 2.75) is 18.9 Å². The highest BCUT2D eigenvalue weighted by atomic mass is 35.5. The average Bonchev–Trinajstić information content (AvgIpc) is 2.47. The summed E-state index contributed by atoms with van der Waals surface area (Å²) in [6.45, 7) is 6.56. The van der Waals surface area contributed by atoms with Gasteiger partial charge in [0.05, 0.1) is 0 Å². The zero-order valence-corrected chi connectivity index (χ0v) is 13.8. The summed E-state index contributed by atoms with van der Waals surface area (Å²) >= 11 is 0. The Labute approximate surface area is 141 Å². The van der Waals surface area contributed by atoms with E-state index in [1.165, 1.54) is 0 Å². The molecule has 0 bridgehead atoms. The fourth-order valence-corrected chi connectivity index (χ4v) is 2.63. The Hall–Kier alpha value is -0.750. The maximum absolute atomic E-state index is 14.0. The van der Waals surface area contributed by atoms with Crippen LogP contribution >= 0.6 is 24.8 Å². The fraction of sp³-hybridized carbons (Fsp3) is 0.467. The molecule has 1 heterocycles. The van der Waals surface area contributed by atoms with Gasteiger partial charge in [0.25, 0.3) is 0 Å². The average molecular weight is 357 g/mol. The van der Waals surface area contributed by atoms with Gasteiger partial charge in [-0.1, -0.05) is 6.08 Å². The first-order valence-corrected chi connectivity index (χ1v) is 6.84. The Morgan fingerprint density at radius 2 is 1.73 bits per heavy atom. The van der Waals surface area contributed by atoms with Crippen LogP contribution in [0.15, 0.2) is 24.8 Å². The van der Waals surface area contributed by atoms with Crippen molar-refractivity contribution in [1.82, 2.24) is 10.2 Å². The van der Waals surface area contributed by atoms with Crippen LogP contribution in [0.4, 0.5) is 13.2 Å². The lowest BCUT2D eigenvalue weighted by Crippen LogP contribution is -2.45. The highest BCUT2D eigenvalue weighted by Crippen LogP contribution is 2.31. The number of allylic oxidation sites excluding steroid dienone is 1. The molecule has 0 amide bonds. The van der Waals surface area contributed by atoms with E-state index in [9.17, 15) is 13.2 Å². The Bertz CT molecular complexity index is 480. The van der Waals surface area contributed by atoms with Crippen LogP contribution < -0.4 is 5.32 Å². The van der Waals surface area contributed by atoms with Crippen LogP contribution in [0.3, 0.4) is 0 Å². The Kier molecular flexibility index (Phi) is 9.76. The largest absolute Gasteiger partial charge is 0.314 e. The number of hydrogen-bond donors (Lipinski definition) is 1. The molecule has 1 aliphatic heterocycles. The number of benzene rings is 1. The summed E-state index contributed by atoms with van der Waals surface area (Å²) in [6, 6.07) is 1.37. The van der Waals surface area contributed by atoms with Crippen LogP contribution in [0.5, 0.6) is 0 Å². The zero-order chi connectivity index (χ0) is 14.5. The predicted molar refractivity (Wildman–Crippen MR) is 87.4 cm³/mol. The van der Waals surface area contributed by atoms with E-state index in [1.807, 2.05) is 4.90 Å². The molecule has 2 nitrogen and oxygen atoms in total. The lowest BCUT2D eigenvalue weighted by atomic mass is 9.98.